The van der Waals surface area contributed by atoms with Crippen molar-refractivity contribution >= 4 is 33.3 Å². The summed E-state index contributed by atoms with van der Waals surface area (Å²) in [5.41, 5.74) is -0.196. The normalized spacial score (nSPS) is 11.4. The fourth-order valence-electron chi connectivity index (χ4n) is 1.51. The first-order valence-corrected chi connectivity index (χ1v) is 6.61. The van der Waals surface area contributed by atoms with Gasteiger partial charge >= 0.3 is 6.18 Å². The van der Waals surface area contributed by atoms with Crippen molar-refractivity contribution in [1.29, 1.82) is 0 Å². The van der Waals surface area contributed by atoms with Crippen LogP contribution in [0.15, 0.2) is 34.9 Å². The van der Waals surface area contributed by atoms with Crippen LogP contribution in [0, 0.1) is 0 Å². The van der Waals surface area contributed by atoms with Gasteiger partial charge in [0.15, 0.2) is 0 Å². The predicted molar refractivity (Wildman–Crippen MR) is 73.5 cm³/mol. The Labute approximate surface area is 126 Å². The monoisotopic (exact) mass is 365 g/mol. The van der Waals surface area contributed by atoms with Crippen LogP contribution >= 0.6 is 27.5 Å². The van der Waals surface area contributed by atoms with Gasteiger partial charge in [-0.15, -0.1) is 0 Å². The molecule has 0 amide bonds. The van der Waals surface area contributed by atoms with Gasteiger partial charge in [0.1, 0.15) is 5.82 Å². The summed E-state index contributed by atoms with van der Waals surface area (Å²) in [6.07, 6.45) is -2.89. The molecule has 0 radical (unpaired) electrons. The highest BCUT2D eigenvalue weighted by Crippen LogP contribution is 2.29. The fraction of sp³-hybridized carbons (Fsp3) is 0.167. The first-order chi connectivity index (χ1) is 9.36. The van der Waals surface area contributed by atoms with Crippen LogP contribution in [0.1, 0.15) is 11.1 Å². The van der Waals surface area contributed by atoms with Crippen LogP contribution in [0.2, 0.25) is 5.28 Å². The van der Waals surface area contributed by atoms with Gasteiger partial charge in [0.2, 0.25) is 5.28 Å². The Balaban J connectivity index is 2.13. The van der Waals surface area contributed by atoms with E-state index in [9.17, 15) is 13.2 Å². The molecule has 8 heteroatoms. The zero-order valence-electron chi connectivity index (χ0n) is 9.88. The first-order valence-electron chi connectivity index (χ1n) is 5.44. The van der Waals surface area contributed by atoms with E-state index in [0.29, 0.717) is 15.9 Å². The van der Waals surface area contributed by atoms with Crippen LogP contribution in [0.25, 0.3) is 0 Å². The maximum atomic E-state index is 12.6. The minimum absolute atomic E-state index is 0.0553. The highest BCUT2D eigenvalue weighted by atomic mass is 79.9. The fourth-order valence-corrected chi connectivity index (χ4v) is 1.98. The molecule has 0 aliphatic heterocycles. The van der Waals surface area contributed by atoms with Gasteiger partial charge in [-0.3, -0.25) is 0 Å². The molecule has 1 aromatic carbocycles. The Bertz CT molecular complexity index is 619. The maximum absolute atomic E-state index is 12.6. The quantitative estimate of drug-likeness (QED) is 0.812. The number of rotatable bonds is 3. The predicted octanol–water partition coefficient (Wildman–Crippen LogP) is 4.52. The van der Waals surface area contributed by atoms with Gasteiger partial charge in [-0.25, -0.2) is 4.98 Å². The van der Waals surface area contributed by atoms with Crippen molar-refractivity contribution in [1.82, 2.24) is 9.97 Å². The lowest BCUT2D eigenvalue weighted by atomic mass is 10.1. The topological polar surface area (TPSA) is 37.8 Å². The minimum atomic E-state index is -4.35. The van der Waals surface area contributed by atoms with Crippen LogP contribution in [0.3, 0.4) is 0 Å². The Kier molecular flexibility index (Phi) is 4.49. The average molecular weight is 367 g/mol. The molecule has 2 aromatic rings. The summed E-state index contributed by atoms with van der Waals surface area (Å²) >= 11 is 8.88. The zero-order chi connectivity index (χ0) is 14.8. The van der Waals surface area contributed by atoms with Crippen molar-refractivity contribution in [3.05, 3.63) is 51.3 Å². The number of halogens is 5. The molecule has 0 saturated carbocycles. The second-order valence-corrected chi connectivity index (χ2v) is 5.08. The van der Waals surface area contributed by atoms with Crippen LogP contribution in [0.5, 0.6) is 0 Å². The molecule has 0 atom stereocenters. The summed E-state index contributed by atoms with van der Waals surface area (Å²) in [6, 6.07) is 5.07. The van der Waals surface area contributed by atoms with Crippen LogP contribution in [-0.4, -0.2) is 9.97 Å². The molecular formula is C12H8BrClF3N3. The van der Waals surface area contributed by atoms with E-state index in [1.807, 2.05) is 0 Å². The van der Waals surface area contributed by atoms with Gasteiger partial charge in [-0.05, 0) is 45.2 Å². The van der Waals surface area contributed by atoms with Crippen molar-refractivity contribution in [2.24, 2.45) is 0 Å². The molecule has 0 fully saturated rings. The van der Waals surface area contributed by atoms with E-state index in [1.165, 1.54) is 12.3 Å². The zero-order valence-corrected chi connectivity index (χ0v) is 12.2. The smallest absolute Gasteiger partial charge is 0.365 e. The number of hydrogen-bond donors (Lipinski definition) is 1. The highest BCUT2D eigenvalue weighted by Gasteiger charge is 2.30. The van der Waals surface area contributed by atoms with Crippen molar-refractivity contribution in [3.63, 3.8) is 0 Å². The van der Waals surface area contributed by atoms with E-state index >= 15 is 0 Å². The van der Waals surface area contributed by atoms with Gasteiger partial charge in [0.05, 0.1) is 10.0 Å². The molecule has 1 N–H and O–H groups in total. The summed E-state index contributed by atoms with van der Waals surface area (Å²) in [4.78, 5) is 7.69. The summed E-state index contributed by atoms with van der Waals surface area (Å²) in [6.45, 7) is 0.190. The molecule has 1 aromatic heterocycles. The van der Waals surface area contributed by atoms with Gasteiger partial charge in [-0.2, -0.15) is 18.2 Å². The molecule has 20 heavy (non-hydrogen) atoms. The van der Waals surface area contributed by atoms with Crippen molar-refractivity contribution in [3.8, 4) is 0 Å². The molecular weight excluding hydrogens is 359 g/mol. The van der Waals surface area contributed by atoms with E-state index in [4.69, 9.17) is 11.6 Å². The molecule has 0 unspecified atom stereocenters. The summed E-state index contributed by atoms with van der Waals surface area (Å²) < 4.78 is 38.3. The van der Waals surface area contributed by atoms with Gasteiger partial charge in [0.25, 0.3) is 0 Å². The molecule has 0 aliphatic carbocycles. The van der Waals surface area contributed by atoms with E-state index in [2.05, 4.69) is 31.2 Å². The molecule has 0 saturated heterocycles. The molecule has 1 heterocycles. The lowest BCUT2D eigenvalue weighted by Gasteiger charge is -2.10. The average Bonchev–Trinajstić information content (AvgIpc) is 2.39. The molecule has 0 spiro atoms. The van der Waals surface area contributed by atoms with Gasteiger partial charge < -0.3 is 5.32 Å². The van der Waals surface area contributed by atoms with E-state index in [1.54, 1.807) is 6.07 Å². The second kappa shape index (κ2) is 5.97. The number of hydrogen-bond acceptors (Lipinski definition) is 3. The Morgan fingerprint density at radius 1 is 1.30 bits per heavy atom. The Morgan fingerprint density at radius 3 is 2.75 bits per heavy atom. The third-order valence-electron chi connectivity index (χ3n) is 2.43. The summed E-state index contributed by atoms with van der Waals surface area (Å²) in [5, 5.41) is 2.95. The third kappa shape index (κ3) is 3.83. The highest BCUT2D eigenvalue weighted by molar-refractivity contribution is 9.10. The van der Waals surface area contributed by atoms with Crippen LogP contribution in [-0.2, 0) is 12.7 Å². The number of anilines is 1. The largest absolute Gasteiger partial charge is 0.416 e. The van der Waals surface area contributed by atoms with Crippen molar-refractivity contribution < 1.29 is 13.2 Å². The lowest BCUT2D eigenvalue weighted by Crippen LogP contribution is -2.07. The van der Waals surface area contributed by atoms with Crippen LogP contribution < -0.4 is 5.32 Å². The SMILES string of the molecule is FC(F)(F)c1cccc(CNc2nc(Cl)ncc2Br)c1. The molecule has 3 nitrogen and oxygen atoms in total. The lowest BCUT2D eigenvalue weighted by molar-refractivity contribution is -0.137. The van der Waals surface area contributed by atoms with Gasteiger partial charge in [-0.1, -0.05) is 12.1 Å². The Morgan fingerprint density at radius 2 is 2.05 bits per heavy atom. The van der Waals surface area contributed by atoms with E-state index in [0.717, 1.165) is 12.1 Å². The number of nitrogens with one attached hydrogen (secondary N) is 1. The van der Waals surface area contributed by atoms with E-state index in [-0.39, 0.29) is 11.8 Å². The number of alkyl halides is 3. The van der Waals surface area contributed by atoms with Crippen molar-refractivity contribution in [2.45, 2.75) is 12.7 Å². The summed E-state index contributed by atoms with van der Waals surface area (Å²) in [5.74, 6) is 0.419. The minimum Gasteiger partial charge on any atom is -0.365 e. The molecule has 2 rings (SSSR count). The number of nitrogens with zero attached hydrogens (tertiary/aromatic N) is 2. The first kappa shape index (κ1) is 15.1. The van der Waals surface area contributed by atoms with Gasteiger partial charge in [0, 0.05) is 12.7 Å². The van der Waals surface area contributed by atoms with Crippen molar-refractivity contribution in [2.75, 3.05) is 5.32 Å². The molecule has 0 aliphatic rings. The maximum Gasteiger partial charge on any atom is 0.416 e. The summed E-state index contributed by atoms with van der Waals surface area (Å²) in [7, 11) is 0. The number of aromatic nitrogens is 2. The Hall–Kier alpha value is -1.34. The van der Waals surface area contributed by atoms with Crippen LogP contribution in [0.4, 0.5) is 19.0 Å². The second-order valence-electron chi connectivity index (χ2n) is 3.89. The standard InChI is InChI=1S/C12H8BrClF3N3/c13-9-6-19-11(14)20-10(9)18-5-7-2-1-3-8(4-7)12(15,16)17/h1-4,6H,5H2,(H,18,19,20). The number of benzene rings is 1. The van der Waals surface area contributed by atoms with E-state index < -0.39 is 11.7 Å². The molecule has 0 bridgehead atoms. The third-order valence-corrected chi connectivity index (χ3v) is 3.19. The molecule has 106 valence electrons.